The van der Waals surface area contributed by atoms with E-state index in [0.717, 1.165) is 0 Å². The van der Waals surface area contributed by atoms with Crippen LogP contribution in [0, 0.1) is 0 Å². The van der Waals surface area contributed by atoms with E-state index in [-0.39, 0.29) is 12.3 Å². The quantitative estimate of drug-likeness (QED) is 0.351. The highest BCUT2D eigenvalue weighted by Gasteiger charge is 2.48. The van der Waals surface area contributed by atoms with Gasteiger partial charge in [-0.15, -0.1) is 0 Å². The molecule has 1 saturated heterocycles. The number of carbonyl (C=O) groups is 1. The van der Waals surface area contributed by atoms with E-state index in [4.69, 9.17) is 18.7 Å². The van der Waals surface area contributed by atoms with Crippen molar-refractivity contribution >= 4 is 5.97 Å². The molecule has 24 heavy (non-hydrogen) atoms. The van der Waals surface area contributed by atoms with Crippen LogP contribution in [0.4, 0.5) is 0 Å². The normalized spacial score (nSPS) is 33.8. The van der Waals surface area contributed by atoms with Crippen LogP contribution in [-0.2, 0) is 9.53 Å². The van der Waals surface area contributed by atoms with E-state index in [9.17, 15) is 25.2 Å². The van der Waals surface area contributed by atoms with Gasteiger partial charge in [-0.1, -0.05) is 12.1 Å². The van der Waals surface area contributed by atoms with Crippen LogP contribution >= 0.6 is 0 Å². The van der Waals surface area contributed by atoms with Crippen LogP contribution in [0.2, 0.25) is 0 Å². The molecule has 0 spiro atoms. The van der Waals surface area contributed by atoms with E-state index >= 15 is 0 Å². The summed E-state index contributed by atoms with van der Waals surface area (Å²) in [5, 5.41) is 50.6. The average molecular weight is 346 g/mol. The first kappa shape index (κ1) is 14.6. The molecule has 2 rings (SSSR count). The SMILES string of the molecule is [2H]C([2H])([2H])NCC(O)c1cccc(O[C@@H]2O[C@H](C(=O)O)[C@@H](O)[C@H](O)[C@H]2O)c1. The lowest BCUT2D eigenvalue weighted by Gasteiger charge is -2.38. The second-order valence-corrected chi connectivity index (χ2v) is 5.32. The van der Waals surface area contributed by atoms with Gasteiger partial charge in [0.05, 0.1) is 6.10 Å². The summed E-state index contributed by atoms with van der Waals surface area (Å²) in [4.78, 5) is 11.1. The van der Waals surface area contributed by atoms with Crippen LogP contribution in [0.25, 0.3) is 0 Å². The molecule has 9 nitrogen and oxygen atoms in total. The van der Waals surface area contributed by atoms with Crippen molar-refractivity contribution in [1.29, 1.82) is 0 Å². The Morgan fingerprint density at radius 2 is 2.12 bits per heavy atom. The maximum Gasteiger partial charge on any atom is 0.335 e. The Morgan fingerprint density at radius 1 is 1.38 bits per heavy atom. The molecule has 0 amide bonds. The molecule has 9 heteroatoms. The molecule has 0 bridgehead atoms. The van der Waals surface area contributed by atoms with Gasteiger partial charge in [-0.3, -0.25) is 0 Å². The number of aliphatic hydroxyl groups excluding tert-OH is 4. The van der Waals surface area contributed by atoms with E-state index in [0.29, 0.717) is 5.56 Å². The highest BCUT2D eigenvalue weighted by atomic mass is 16.7. The number of hydrogen-bond acceptors (Lipinski definition) is 8. The molecule has 1 heterocycles. The molecule has 0 aliphatic carbocycles. The molecule has 1 aromatic carbocycles. The maximum absolute atomic E-state index is 11.1. The van der Waals surface area contributed by atoms with Crippen molar-refractivity contribution in [2.45, 2.75) is 36.8 Å². The summed E-state index contributed by atoms with van der Waals surface area (Å²) in [6.45, 7) is -2.67. The van der Waals surface area contributed by atoms with Gasteiger partial charge < -0.3 is 40.3 Å². The highest BCUT2D eigenvalue weighted by molar-refractivity contribution is 5.73. The Balaban J connectivity index is 2.09. The van der Waals surface area contributed by atoms with Gasteiger partial charge in [0.25, 0.3) is 0 Å². The van der Waals surface area contributed by atoms with Crippen LogP contribution in [0.5, 0.6) is 5.75 Å². The fraction of sp³-hybridized carbons (Fsp3) is 0.533. The first-order valence-corrected chi connectivity index (χ1v) is 7.12. The minimum absolute atomic E-state index is 0.0669. The minimum Gasteiger partial charge on any atom is -0.479 e. The molecule has 1 aromatic rings. The van der Waals surface area contributed by atoms with Gasteiger partial charge in [0, 0.05) is 10.7 Å². The van der Waals surface area contributed by atoms with Gasteiger partial charge in [-0.25, -0.2) is 4.79 Å². The molecular weight excluding hydrogens is 322 g/mol. The van der Waals surface area contributed by atoms with Gasteiger partial charge in [0.1, 0.15) is 24.1 Å². The summed E-state index contributed by atoms with van der Waals surface area (Å²) in [6, 6.07) is 5.76. The standard InChI is InChI=1S/C15H21NO8/c1-16-6-9(17)7-3-2-4-8(5-7)23-15-12(20)10(18)11(19)13(24-15)14(21)22/h2-5,9-13,15-20H,6H2,1H3,(H,21,22)/t9?,10-,11-,12+,13-,15+/m0/s1/i1D3. The third-order valence-corrected chi connectivity index (χ3v) is 3.60. The zero-order valence-electron chi connectivity index (χ0n) is 15.4. The van der Waals surface area contributed by atoms with E-state index in [1.807, 2.05) is 0 Å². The van der Waals surface area contributed by atoms with Crippen molar-refractivity contribution < 1.29 is 43.9 Å². The van der Waals surface area contributed by atoms with Crippen molar-refractivity contribution in [2.24, 2.45) is 0 Å². The lowest BCUT2D eigenvalue weighted by Crippen LogP contribution is -2.61. The molecule has 1 fully saturated rings. The molecule has 134 valence electrons. The van der Waals surface area contributed by atoms with Crippen molar-refractivity contribution in [3.63, 3.8) is 0 Å². The molecule has 6 N–H and O–H groups in total. The Hall–Kier alpha value is -1.75. The van der Waals surface area contributed by atoms with Crippen molar-refractivity contribution in [3.8, 4) is 5.75 Å². The van der Waals surface area contributed by atoms with Crippen molar-refractivity contribution in [2.75, 3.05) is 13.5 Å². The predicted molar refractivity (Wildman–Crippen MR) is 80.3 cm³/mol. The van der Waals surface area contributed by atoms with E-state index < -0.39 is 49.8 Å². The highest BCUT2D eigenvalue weighted by Crippen LogP contribution is 2.26. The number of aliphatic hydroxyl groups is 4. The molecule has 1 unspecified atom stereocenters. The third-order valence-electron chi connectivity index (χ3n) is 3.60. The summed E-state index contributed by atoms with van der Waals surface area (Å²) in [5.41, 5.74) is 0.296. The second-order valence-electron chi connectivity index (χ2n) is 5.32. The summed E-state index contributed by atoms with van der Waals surface area (Å²) < 4.78 is 31.5. The number of ether oxygens (including phenoxy) is 2. The van der Waals surface area contributed by atoms with Gasteiger partial charge in [-0.2, -0.15) is 0 Å². The van der Waals surface area contributed by atoms with E-state index in [1.165, 1.54) is 24.3 Å². The van der Waals surface area contributed by atoms with Gasteiger partial charge >= 0.3 is 5.97 Å². The number of carboxylic acid groups (broad SMARTS) is 1. The summed E-state index contributed by atoms with van der Waals surface area (Å²) in [6.07, 6.45) is -9.92. The van der Waals surface area contributed by atoms with Crippen molar-refractivity contribution in [1.82, 2.24) is 5.32 Å². The Bertz CT molecular complexity index is 658. The van der Waals surface area contributed by atoms with Gasteiger partial charge in [0.2, 0.25) is 6.29 Å². The van der Waals surface area contributed by atoms with Crippen molar-refractivity contribution in [3.05, 3.63) is 29.8 Å². The molecule has 6 atom stereocenters. The summed E-state index contributed by atoms with van der Waals surface area (Å²) in [7, 11) is 0. The molecule has 1 aliphatic heterocycles. The number of rotatable bonds is 6. The predicted octanol–water partition coefficient (Wildman–Crippen LogP) is -1.79. The Kier molecular flexibility index (Phi) is 4.79. The number of nitrogens with one attached hydrogen (secondary N) is 1. The maximum atomic E-state index is 11.1. The van der Waals surface area contributed by atoms with Crippen LogP contribution < -0.4 is 10.1 Å². The number of hydrogen-bond donors (Lipinski definition) is 6. The number of benzene rings is 1. The topological polar surface area (TPSA) is 149 Å². The number of carboxylic acids is 1. The Morgan fingerprint density at radius 3 is 2.79 bits per heavy atom. The average Bonchev–Trinajstić information content (AvgIpc) is 2.59. The molecular formula is C15H21NO8. The second kappa shape index (κ2) is 7.88. The lowest BCUT2D eigenvalue weighted by molar-refractivity contribution is -0.271. The van der Waals surface area contributed by atoms with Gasteiger partial charge in [-0.05, 0) is 24.7 Å². The van der Waals surface area contributed by atoms with Crippen LogP contribution in [0.1, 0.15) is 15.8 Å². The molecule has 1 aliphatic rings. The lowest BCUT2D eigenvalue weighted by atomic mass is 9.99. The zero-order chi connectivity index (χ0) is 20.4. The van der Waals surface area contributed by atoms with Crippen LogP contribution in [0.15, 0.2) is 24.3 Å². The summed E-state index contributed by atoms with van der Waals surface area (Å²) >= 11 is 0. The summed E-state index contributed by atoms with van der Waals surface area (Å²) in [5.74, 6) is -1.47. The zero-order valence-corrected chi connectivity index (χ0v) is 12.4. The van der Waals surface area contributed by atoms with E-state index in [1.54, 1.807) is 0 Å². The number of aliphatic carboxylic acids is 1. The first-order valence-electron chi connectivity index (χ1n) is 8.62. The number of likely N-dealkylation sites (N-methyl/N-ethyl adjacent to an activating group) is 1. The Labute approximate surface area is 142 Å². The first-order chi connectivity index (χ1) is 12.5. The van der Waals surface area contributed by atoms with Crippen LogP contribution in [0.3, 0.4) is 0 Å². The largest absolute Gasteiger partial charge is 0.479 e. The van der Waals surface area contributed by atoms with Crippen LogP contribution in [-0.4, -0.2) is 75.7 Å². The smallest absolute Gasteiger partial charge is 0.335 e. The molecule has 0 radical (unpaired) electrons. The fourth-order valence-corrected chi connectivity index (χ4v) is 2.29. The van der Waals surface area contributed by atoms with E-state index in [2.05, 4.69) is 5.32 Å². The molecule has 0 saturated carbocycles. The fourth-order valence-electron chi connectivity index (χ4n) is 2.29. The minimum atomic E-state index is -2.42. The monoisotopic (exact) mass is 346 g/mol. The molecule has 0 aromatic heterocycles. The van der Waals surface area contributed by atoms with Gasteiger partial charge in [0.15, 0.2) is 6.10 Å². The third kappa shape index (κ3) is 4.01.